The molecule has 15 heavy (non-hydrogen) atoms. The maximum Gasteiger partial charge on any atom is 0.323 e. The fourth-order valence-electron chi connectivity index (χ4n) is 0.730. The molecule has 0 fully saturated rings. The van der Waals surface area contributed by atoms with Gasteiger partial charge in [-0.1, -0.05) is 6.92 Å². The first kappa shape index (κ1) is 13.2. The Balaban J connectivity index is 3.76. The Bertz CT molecular complexity index is 241. The lowest BCUT2D eigenvalue weighted by Crippen LogP contribution is -2.47. The van der Waals surface area contributed by atoms with Gasteiger partial charge in [-0.25, -0.2) is 4.79 Å². The van der Waals surface area contributed by atoms with Crippen LogP contribution in [0, 0.1) is 0 Å². The quantitative estimate of drug-likeness (QED) is 0.232. The van der Waals surface area contributed by atoms with Crippen LogP contribution in [-0.4, -0.2) is 18.1 Å². The largest absolute Gasteiger partial charge is 0.370 e. The van der Waals surface area contributed by atoms with Gasteiger partial charge in [0.05, 0.1) is 6.17 Å². The van der Waals surface area contributed by atoms with Crippen LogP contribution in [0.25, 0.3) is 0 Å². The Morgan fingerprint density at radius 2 is 2.07 bits per heavy atom. The highest BCUT2D eigenvalue weighted by molar-refractivity contribution is 5.94. The zero-order valence-corrected chi connectivity index (χ0v) is 8.83. The van der Waals surface area contributed by atoms with Gasteiger partial charge in [0.25, 0.3) is 0 Å². The average Bonchev–Trinajstić information content (AvgIpc) is 2.17. The number of carbonyl (C=O) groups excluding carboxylic acids is 2. The summed E-state index contributed by atoms with van der Waals surface area (Å²) in [6.07, 6.45) is 2.96. The van der Waals surface area contributed by atoms with Crippen LogP contribution >= 0.6 is 0 Å². The summed E-state index contributed by atoms with van der Waals surface area (Å²) in [6.45, 7) is 3.39. The zero-order valence-electron chi connectivity index (χ0n) is 8.83. The number of nitrogens with one attached hydrogen (secondary N) is 4. The lowest BCUT2D eigenvalue weighted by atomic mass is 10.4. The molecule has 86 valence electrons. The van der Waals surface area contributed by atoms with E-state index in [-0.39, 0.29) is 18.5 Å². The van der Waals surface area contributed by atoms with Crippen LogP contribution in [0.3, 0.4) is 0 Å². The fourth-order valence-corrected chi connectivity index (χ4v) is 0.730. The van der Waals surface area contributed by atoms with Crippen molar-refractivity contribution in [3.05, 3.63) is 12.4 Å². The monoisotopic (exact) mass is 215 g/mol. The standard InChI is InChI=1S/C8H17N5O2/c1-3-7(14)13-8(15)12-6(2)10-4-5-11-9/h4-6,10-11H,3,9H2,1-2H3,(H2,12,13,14,15)/b5-4-. The Kier molecular flexibility index (Phi) is 6.73. The Hall–Kier alpha value is -1.76. The third kappa shape index (κ3) is 7.32. The molecule has 0 heterocycles. The summed E-state index contributed by atoms with van der Waals surface area (Å²) in [7, 11) is 0. The maximum absolute atomic E-state index is 11.1. The van der Waals surface area contributed by atoms with Crippen LogP contribution in [0.5, 0.6) is 0 Å². The summed E-state index contributed by atoms with van der Waals surface area (Å²) in [5.74, 6) is 4.66. The minimum absolute atomic E-state index is 0.270. The first-order valence-electron chi connectivity index (χ1n) is 4.57. The molecular weight excluding hydrogens is 198 g/mol. The van der Waals surface area contributed by atoms with Gasteiger partial charge >= 0.3 is 6.03 Å². The van der Waals surface area contributed by atoms with Crippen LogP contribution in [0.15, 0.2) is 12.4 Å². The van der Waals surface area contributed by atoms with E-state index >= 15 is 0 Å². The summed E-state index contributed by atoms with van der Waals surface area (Å²) < 4.78 is 0. The number of hydrazine groups is 1. The molecule has 7 heteroatoms. The minimum atomic E-state index is -0.532. The molecule has 1 atom stereocenters. The van der Waals surface area contributed by atoms with E-state index in [0.29, 0.717) is 0 Å². The molecule has 0 aromatic rings. The minimum Gasteiger partial charge on any atom is -0.370 e. The highest BCUT2D eigenvalue weighted by Gasteiger charge is 2.07. The number of amides is 3. The summed E-state index contributed by atoms with van der Waals surface area (Å²) in [5.41, 5.74) is 2.29. The van der Waals surface area contributed by atoms with E-state index in [2.05, 4.69) is 21.4 Å². The number of rotatable bonds is 5. The highest BCUT2D eigenvalue weighted by Crippen LogP contribution is 1.78. The van der Waals surface area contributed by atoms with Crippen molar-refractivity contribution in [2.75, 3.05) is 0 Å². The maximum atomic E-state index is 11.1. The molecule has 0 bridgehead atoms. The molecule has 0 aromatic heterocycles. The third-order valence-electron chi connectivity index (χ3n) is 1.45. The smallest absolute Gasteiger partial charge is 0.323 e. The van der Waals surface area contributed by atoms with Gasteiger partial charge in [0.15, 0.2) is 0 Å². The van der Waals surface area contributed by atoms with Crippen LogP contribution < -0.4 is 27.2 Å². The molecule has 0 saturated heterocycles. The van der Waals surface area contributed by atoms with E-state index in [0.717, 1.165) is 0 Å². The van der Waals surface area contributed by atoms with Crippen molar-refractivity contribution in [1.29, 1.82) is 0 Å². The SMILES string of the molecule is CCC(=O)NC(=O)NC(C)N/C=C\NN. The van der Waals surface area contributed by atoms with Gasteiger partial charge in [0.2, 0.25) is 5.91 Å². The predicted octanol–water partition coefficient (Wildman–Crippen LogP) is -0.908. The van der Waals surface area contributed by atoms with Crippen molar-refractivity contribution >= 4 is 11.9 Å². The zero-order chi connectivity index (χ0) is 11.7. The van der Waals surface area contributed by atoms with Gasteiger partial charge < -0.3 is 16.1 Å². The second kappa shape index (κ2) is 7.63. The lowest BCUT2D eigenvalue weighted by Gasteiger charge is -2.13. The van der Waals surface area contributed by atoms with Gasteiger partial charge in [-0.2, -0.15) is 0 Å². The first-order valence-corrected chi connectivity index (χ1v) is 4.57. The fraction of sp³-hybridized carbons (Fsp3) is 0.500. The van der Waals surface area contributed by atoms with Crippen molar-refractivity contribution in [2.24, 2.45) is 5.84 Å². The van der Waals surface area contributed by atoms with Gasteiger partial charge in [0.1, 0.15) is 0 Å². The molecule has 0 rings (SSSR count). The summed E-state index contributed by atoms with van der Waals surface area (Å²) in [5, 5.41) is 7.46. The molecule has 6 N–H and O–H groups in total. The number of urea groups is 1. The van der Waals surface area contributed by atoms with Gasteiger partial charge in [-0.3, -0.25) is 16.0 Å². The highest BCUT2D eigenvalue weighted by atomic mass is 16.2. The van der Waals surface area contributed by atoms with Crippen molar-refractivity contribution in [2.45, 2.75) is 26.4 Å². The summed E-state index contributed by atoms with van der Waals surface area (Å²) in [4.78, 5) is 21.9. The lowest BCUT2D eigenvalue weighted by molar-refractivity contribution is -0.119. The van der Waals surface area contributed by atoms with E-state index in [9.17, 15) is 9.59 Å². The number of carbonyl (C=O) groups is 2. The third-order valence-corrected chi connectivity index (χ3v) is 1.45. The summed E-state index contributed by atoms with van der Waals surface area (Å²) >= 11 is 0. The van der Waals surface area contributed by atoms with Crippen LogP contribution in [0.4, 0.5) is 4.79 Å². The van der Waals surface area contributed by atoms with E-state index in [1.165, 1.54) is 12.4 Å². The molecule has 0 aromatic carbocycles. The Labute approximate surface area is 88.4 Å². The van der Waals surface area contributed by atoms with Gasteiger partial charge in [-0.05, 0) is 6.92 Å². The van der Waals surface area contributed by atoms with E-state index in [1.54, 1.807) is 13.8 Å². The van der Waals surface area contributed by atoms with Crippen LogP contribution in [-0.2, 0) is 4.79 Å². The van der Waals surface area contributed by atoms with E-state index in [1.807, 2.05) is 0 Å². The molecule has 0 aliphatic rings. The topological polar surface area (TPSA) is 108 Å². The Morgan fingerprint density at radius 1 is 1.40 bits per heavy atom. The summed E-state index contributed by atoms with van der Waals surface area (Å²) in [6, 6.07) is -0.532. The number of hydrogen-bond acceptors (Lipinski definition) is 5. The first-order chi connectivity index (χ1) is 7.10. The van der Waals surface area contributed by atoms with Crippen molar-refractivity contribution in [3.63, 3.8) is 0 Å². The molecular formula is C8H17N5O2. The second-order valence-electron chi connectivity index (χ2n) is 2.76. The number of nitrogens with two attached hydrogens (primary N) is 1. The van der Waals surface area contributed by atoms with Crippen LogP contribution in [0.1, 0.15) is 20.3 Å². The van der Waals surface area contributed by atoms with Crippen molar-refractivity contribution in [3.8, 4) is 0 Å². The normalized spacial score (nSPS) is 11.9. The van der Waals surface area contributed by atoms with Crippen LogP contribution in [0.2, 0.25) is 0 Å². The molecule has 0 aliphatic carbocycles. The predicted molar refractivity (Wildman–Crippen MR) is 56.0 cm³/mol. The van der Waals surface area contributed by atoms with Gasteiger partial charge in [0, 0.05) is 18.8 Å². The molecule has 0 aliphatic heterocycles. The van der Waals surface area contributed by atoms with Gasteiger partial charge in [-0.15, -0.1) is 0 Å². The molecule has 1 unspecified atom stereocenters. The molecule has 0 spiro atoms. The van der Waals surface area contributed by atoms with E-state index < -0.39 is 6.03 Å². The molecule has 0 saturated carbocycles. The molecule has 0 radical (unpaired) electrons. The molecule has 3 amide bonds. The van der Waals surface area contributed by atoms with Crippen molar-refractivity contribution < 1.29 is 9.59 Å². The number of hydrogen-bond donors (Lipinski definition) is 5. The Morgan fingerprint density at radius 3 is 2.60 bits per heavy atom. The van der Waals surface area contributed by atoms with Crippen molar-refractivity contribution in [1.82, 2.24) is 21.4 Å². The second-order valence-corrected chi connectivity index (χ2v) is 2.76. The molecule has 7 nitrogen and oxygen atoms in total. The average molecular weight is 215 g/mol. The van der Waals surface area contributed by atoms with E-state index in [4.69, 9.17) is 5.84 Å². The number of imide groups is 1.